The Bertz CT molecular complexity index is 589. The van der Waals surface area contributed by atoms with Crippen molar-refractivity contribution in [2.45, 2.75) is 32.4 Å². The van der Waals surface area contributed by atoms with E-state index in [0.717, 1.165) is 17.8 Å². The SMILES string of the molecule is Fc1cccc(CNc2ccc(CN3CCCCC3)cc2)c1. The van der Waals surface area contributed by atoms with Crippen LogP contribution < -0.4 is 5.32 Å². The topological polar surface area (TPSA) is 15.3 Å². The van der Waals surface area contributed by atoms with Crippen molar-refractivity contribution in [3.63, 3.8) is 0 Å². The molecule has 22 heavy (non-hydrogen) atoms. The summed E-state index contributed by atoms with van der Waals surface area (Å²) >= 11 is 0. The van der Waals surface area contributed by atoms with E-state index in [0.29, 0.717) is 6.54 Å². The summed E-state index contributed by atoms with van der Waals surface area (Å²) in [6.45, 7) is 4.13. The smallest absolute Gasteiger partial charge is 0.123 e. The lowest BCUT2D eigenvalue weighted by atomic mass is 10.1. The Morgan fingerprint density at radius 2 is 1.68 bits per heavy atom. The third-order valence-electron chi connectivity index (χ3n) is 4.19. The molecular formula is C19H23FN2. The molecule has 0 saturated carbocycles. The van der Waals surface area contributed by atoms with E-state index in [2.05, 4.69) is 34.5 Å². The minimum Gasteiger partial charge on any atom is -0.381 e. The zero-order valence-corrected chi connectivity index (χ0v) is 12.9. The van der Waals surface area contributed by atoms with Crippen LogP contribution in [0.15, 0.2) is 48.5 Å². The highest BCUT2D eigenvalue weighted by Gasteiger charge is 2.10. The maximum atomic E-state index is 13.1. The van der Waals surface area contributed by atoms with Crippen molar-refractivity contribution in [1.29, 1.82) is 0 Å². The van der Waals surface area contributed by atoms with Gasteiger partial charge in [0.25, 0.3) is 0 Å². The number of nitrogens with one attached hydrogen (secondary N) is 1. The summed E-state index contributed by atoms with van der Waals surface area (Å²) in [6, 6.07) is 15.3. The van der Waals surface area contributed by atoms with Crippen LogP contribution in [0.3, 0.4) is 0 Å². The Morgan fingerprint density at radius 3 is 2.41 bits per heavy atom. The lowest BCUT2D eigenvalue weighted by Crippen LogP contribution is -2.29. The fourth-order valence-electron chi connectivity index (χ4n) is 2.95. The van der Waals surface area contributed by atoms with E-state index in [4.69, 9.17) is 0 Å². The van der Waals surface area contributed by atoms with Crippen molar-refractivity contribution in [2.75, 3.05) is 18.4 Å². The molecule has 1 heterocycles. The molecule has 3 rings (SSSR count). The number of anilines is 1. The van der Waals surface area contributed by atoms with Gasteiger partial charge in [0.2, 0.25) is 0 Å². The summed E-state index contributed by atoms with van der Waals surface area (Å²) in [4.78, 5) is 2.53. The van der Waals surface area contributed by atoms with Gasteiger partial charge < -0.3 is 5.32 Å². The molecule has 2 nitrogen and oxygen atoms in total. The minimum absolute atomic E-state index is 0.184. The predicted molar refractivity (Wildman–Crippen MR) is 89.3 cm³/mol. The normalized spacial score (nSPS) is 15.7. The molecule has 2 aromatic rings. The number of hydrogen-bond acceptors (Lipinski definition) is 2. The van der Waals surface area contributed by atoms with Gasteiger partial charge >= 0.3 is 0 Å². The van der Waals surface area contributed by atoms with Gasteiger partial charge in [-0.05, 0) is 61.3 Å². The van der Waals surface area contributed by atoms with Gasteiger partial charge in [-0.3, -0.25) is 4.90 Å². The second kappa shape index (κ2) is 7.41. The van der Waals surface area contributed by atoms with E-state index in [1.54, 1.807) is 12.1 Å². The van der Waals surface area contributed by atoms with Gasteiger partial charge in [0.1, 0.15) is 5.82 Å². The molecule has 0 aromatic heterocycles. The van der Waals surface area contributed by atoms with Crippen molar-refractivity contribution in [2.24, 2.45) is 0 Å². The lowest BCUT2D eigenvalue weighted by Gasteiger charge is -2.26. The molecule has 0 aliphatic carbocycles. The highest BCUT2D eigenvalue weighted by atomic mass is 19.1. The van der Waals surface area contributed by atoms with Crippen LogP contribution in [0.4, 0.5) is 10.1 Å². The summed E-state index contributed by atoms with van der Waals surface area (Å²) < 4.78 is 13.1. The number of likely N-dealkylation sites (tertiary alicyclic amines) is 1. The van der Waals surface area contributed by atoms with Gasteiger partial charge in [-0.25, -0.2) is 4.39 Å². The minimum atomic E-state index is -0.184. The van der Waals surface area contributed by atoms with Gasteiger partial charge in [0, 0.05) is 18.8 Å². The van der Waals surface area contributed by atoms with E-state index in [9.17, 15) is 4.39 Å². The molecule has 0 amide bonds. The molecule has 0 bridgehead atoms. The van der Waals surface area contributed by atoms with E-state index >= 15 is 0 Å². The molecule has 116 valence electrons. The Balaban J connectivity index is 1.52. The first-order valence-electron chi connectivity index (χ1n) is 8.09. The van der Waals surface area contributed by atoms with Crippen LogP contribution in [0.25, 0.3) is 0 Å². The molecule has 0 unspecified atom stereocenters. The Labute approximate surface area is 132 Å². The van der Waals surface area contributed by atoms with Crippen LogP contribution in [-0.4, -0.2) is 18.0 Å². The Morgan fingerprint density at radius 1 is 0.909 bits per heavy atom. The highest BCUT2D eigenvalue weighted by Crippen LogP contribution is 2.16. The van der Waals surface area contributed by atoms with Crippen LogP contribution in [0.5, 0.6) is 0 Å². The van der Waals surface area contributed by atoms with Gasteiger partial charge in [-0.15, -0.1) is 0 Å². The zero-order valence-electron chi connectivity index (χ0n) is 12.9. The van der Waals surface area contributed by atoms with Crippen molar-refractivity contribution < 1.29 is 4.39 Å². The van der Waals surface area contributed by atoms with Crippen molar-refractivity contribution in [3.8, 4) is 0 Å². The molecule has 0 radical (unpaired) electrons. The van der Waals surface area contributed by atoms with Crippen molar-refractivity contribution in [1.82, 2.24) is 4.90 Å². The average molecular weight is 298 g/mol. The fourth-order valence-corrected chi connectivity index (χ4v) is 2.95. The number of piperidine rings is 1. The average Bonchev–Trinajstić information content (AvgIpc) is 2.55. The third kappa shape index (κ3) is 4.31. The fraction of sp³-hybridized carbons (Fsp3) is 0.368. The number of hydrogen-bond donors (Lipinski definition) is 1. The van der Waals surface area contributed by atoms with Crippen LogP contribution in [0.1, 0.15) is 30.4 Å². The standard InChI is InChI=1S/C19H23FN2/c20-18-6-4-5-17(13-18)14-21-19-9-7-16(8-10-19)15-22-11-2-1-3-12-22/h4-10,13,21H,1-3,11-12,14-15H2. The van der Waals surface area contributed by atoms with E-state index < -0.39 is 0 Å². The number of rotatable bonds is 5. The van der Waals surface area contributed by atoms with Crippen LogP contribution in [-0.2, 0) is 13.1 Å². The first kappa shape index (κ1) is 15.0. The monoisotopic (exact) mass is 298 g/mol. The Kier molecular flexibility index (Phi) is 5.07. The van der Waals surface area contributed by atoms with Crippen molar-refractivity contribution >= 4 is 5.69 Å². The quantitative estimate of drug-likeness (QED) is 0.879. The molecule has 1 N–H and O–H groups in total. The molecule has 1 aliphatic heterocycles. The van der Waals surface area contributed by atoms with E-state index in [1.807, 2.05) is 6.07 Å². The van der Waals surface area contributed by atoms with Gasteiger partial charge in [-0.1, -0.05) is 30.7 Å². The second-order valence-corrected chi connectivity index (χ2v) is 6.02. The summed E-state index contributed by atoms with van der Waals surface area (Å²) in [6.07, 6.45) is 4.03. The molecule has 0 spiro atoms. The highest BCUT2D eigenvalue weighted by molar-refractivity contribution is 5.45. The van der Waals surface area contributed by atoms with Crippen LogP contribution in [0, 0.1) is 5.82 Å². The van der Waals surface area contributed by atoms with Crippen LogP contribution in [0.2, 0.25) is 0 Å². The molecular weight excluding hydrogens is 275 g/mol. The molecule has 0 atom stereocenters. The van der Waals surface area contributed by atoms with Crippen LogP contribution >= 0.6 is 0 Å². The lowest BCUT2D eigenvalue weighted by molar-refractivity contribution is 0.221. The van der Waals surface area contributed by atoms with Gasteiger partial charge in [0.05, 0.1) is 0 Å². The summed E-state index contributed by atoms with van der Waals surface area (Å²) in [5, 5.41) is 3.34. The number of halogens is 1. The van der Waals surface area contributed by atoms with E-state index in [-0.39, 0.29) is 5.82 Å². The summed E-state index contributed by atoms with van der Waals surface area (Å²) in [5.74, 6) is -0.184. The summed E-state index contributed by atoms with van der Waals surface area (Å²) in [5.41, 5.74) is 3.39. The number of nitrogens with zero attached hydrogens (tertiary/aromatic N) is 1. The van der Waals surface area contributed by atoms with Crippen molar-refractivity contribution in [3.05, 3.63) is 65.5 Å². The third-order valence-corrected chi connectivity index (χ3v) is 4.19. The largest absolute Gasteiger partial charge is 0.381 e. The molecule has 2 aromatic carbocycles. The molecule has 1 fully saturated rings. The molecule has 1 saturated heterocycles. The number of benzene rings is 2. The first-order valence-corrected chi connectivity index (χ1v) is 8.09. The second-order valence-electron chi connectivity index (χ2n) is 6.02. The Hall–Kier alpha value is -1.87. The molecule has 1 aliphatic rings. The zero-order chi connectivity index (χ0) is 15.2. The van der Waals surface area contributed by atoms with E-state index in [1.165, 1.54) is 44.0 Å². The maximum absolute atomic E-state index is 13.1. The molecule has 3 heteroatoms. The predicted octanol–water partition coefficient (Wildman–Crippen LogP) is 4.42. The first-order chi connectivity index (χ1) is 10.8. The summed E-state index contributed by atoms with van der Waals surface area (Å²) in [7, 11) is 0. The maximum Gasteiger partial charge on any atom is 0.123 e. The van der Waals surface area contributed by atoms with Gasteiger partial charge in [0.15, 0.2) is 0 Å². The van der Waals surface area contributed by atoms with Gasteiger partial charge in [-0.2, -0.15) is 0 Å².